The van der Waals surface area contributed by atoms with Crippen LogP contribution in [0, 0.1) is 12.1 Å². The molecule has 0 unspecified atom stereocenters. The summed E-state index contributed by atoms with van der Waals surface area (Å²) in [6, 6.07) is 44.0. The fourth-order valence-corrected chi connectivity index (χ4v) is 5.06. The number of pyridine rings is 1. The Morgan fingerprint density at radius 2 is 1.54 bits per heavy atom. The Morgan fingerprint density at radius 1 is 0.692 bits per heavy atom. The van der Waals surface area contributed by atoms with E-state index in [4.69, 9.17) is 4.74 Å². The Bertz CT molecular complexity index is 1710. The molecular weight excluding hydrogens is 662 g/mol. The van der Waals surface area contributed by atoms with Crippen LogP contribution >= 0.6 is 0 Å². The predicted molar refractivity (Wildman–Crippen MR) is 151 cm³/mol. The molecule has 6 aromatic rings. The van der Waals surface area contributed by atoms with E-state index in [-0.39, 0.29) is 27.8 Å². The molecule has 0 saturated carbocycles. The number of aromatic nitrogens is 3. The topological polar surface area (TPSA) is 43.2 Å². The van der Waals surface area contributed by atoms with Crippen molar-refractivity contribution in [1.82, 2.24) is 14.8 Å². The zero-order valence-corrected chi connectivity index (χ0v) is 23.0. The van der Waals surface area contributed by atoms with Crippen molar-refractivity contribution in [2.24, 2.45) is 0 Å². The van der Waals surface area contributed by atoms with E-state index >= 15 is 0 Å². The van der Waals surface area contributed by atoms with E-state index < -0.39 is 0 Å². The van der Waals surface area contributed by atoms with Gasteiger partial charge in [-0.3, -0.25) is 4.68 Å². The summed E-state index contributed by atoms with van der Waals surface area (Å²) >= 11 is 0. The van der Waals surface area contributed by atoms with Crippen LogP contribution in [0.4, 0.5) is 17.1 Å². The van der Waals surface area contributed by atoms with Gasteiger partial charge >= 0.3 is 21.1 Å². The Hall–Kier alpha value is -4.41. The normalized spacial score (nSPS) is 11.8. The molecule has 3 heterocycles. The first kappa shape index (κ1) is 24.9. The van der Waals surface area contributed by atoms with Gasteiger partial charge < -0.3 is 9.64 Å². The van der Waals surface area contributed by atoms with Crippen molar-refractivity contribution in [1.29, 1.82) is 0 Å². The van der Waals surface area contributed by atoms with Crippen LogP contribution in [0.5, 0.6) is 11.6 Å². The molecule has 188 valence electrons. The van der Waals surface area contributed by atoms with Crippen LogP contribution in [-0.2, 0) is 21.1 Å². The van der Waals surface area contributed by atoms with Crippen LogP contribution in [0.2, 0.25) is 0 Å². The Kier molecular flexibility index (Phi) is 6.87. The first-order valence-electron chi connectivity index (χ1n) is 12.5. The maximum atomic E-state index is 6.13. The van der Waals surface area contributed by atoms with Gasteiger partial charge in [-0.2, -0.15) is 34.2 Å². The van der Waals surface area contributed by atoms with Crippen LogP contribution in [0.1, 0.15) is 0 Å². The molecule has 0 spiro atoms. The van der Waals surface area contributed by atoms with Crippen molar-refractivity contribution in [3.8, 4) is 17.3 Å². The van der Waals surface area contributed by atoms with Crippen LogP contribution < -0.4 is 26.0 Å². The third-order valence-electron chi connectivity index (χ3n) is 6.68. The minimum atomic E-state index is -0.107. The molecular formula is C32H21BN4OPt. The summed E-state index contributed by atoms with van der Waals surface area (Å²) in [6.07, 6.45) is 5.43. The second-order valence-electron chi connectivity index (χ2n) is 9.00. The zero-order valence-electron chi connectivity index (χ0n) is 20.7. The molecule has 7 rings (SSSR count). The molecule has 5 nitrogen and oxygen atoms in total. The fourth-order valence-electron chi connectivity index (χ4n) is 5.06. The smallest absolute Gasteiger partial charge is 0.466 e. The van der Waals surface area contributed by atoms with E-state index in [1.54, 1.807) is 12.4 Å². The Morgan fingerprint density at radius 3 is 2.36 bits per heavy atom. The molecule has 2 aromatic heterocycles. The molecule has 0 N–H and O–H groups in total. The van der Waals surface area contributed by atoms with Gasteiger partial charge in [0.05, 0.1) is 0 Å². The van der Waals surface area contributed by atoms with Crippen molar-refractivity contribution in [2.45, 2.75) is 0 Å². The molecule has 39 heavy (non-hydrogen) atoms. The van der Waals surface area contributed by atoms with Gasteiger partial charge in [-0.1, -0.05) is 53.6 Å². The summed E-state index contributed by atoms with van der Waals surface area (Å²) in [7, 11) is 0. The first-order chi connectivity index (χ1) is 18.8. The van der Waals surface area contributed by atoms with Crippen molar-refractivity contribution >= 4 is 40.2 Å². The minimum absolute atomic E-state index is 0. The van der Waals surface area contributed by atoms with Crippen molar-refractivity contribution in [3.63, 3.8) is 0 Å². The quantitative estimate of drug-likeness (QED) is 0.190. The number of fused-ring (bicyclic) bond motifs is 2. The second kappa shape index (κ2) is 10.8. The number of nitrogens with zero attached hydrogens (tertiary/aromatic N) is 4. The number of benzene rings is 4. The largest absolute Gasteiger partial charge is 2.00 e. The molecule has 0 saturated heterocycles. The van der Waals surface area contributed by atoms with Crippen molar-refractivity contribution in [3.05, 3.63) is 140 Å². The van der Waals surface area contributed by atoms with Gasteiger partial charge in [0, 0.05) is 41.8 Å². The third-order valence-corrected chi connectivity index (χ3v) is 6.68. The van der Waals surface area contributed by atoms with E-state index in [0.29, 0.717) is 11.6 Å². The fraction of sp³-hybridized carbons (Fsp3) is 0. The summed E-state index contributed by atoms with van der Waals surface area (Å²) in [5, 5.41) is 4.42. The summed E-state index contributed by atoms with van der Waals surface area (Å²) in [5.41, 5.74) is 7.36. The van der Waals surface area contributed by atoms with Crippen LogP contribution in [0.3, 0.4) is 0 Å². The van der Waals surface area contributed by atoms with Gasteiger partial charge in [0.1, 0.15) is 0 Å². The second-order valence-corrected chi connectivity index (χ2v) is 9.00. The van der Waals surface area contributed by atoms with Gasteiger partial charge in [-0.25, -0.2) is 4.98 Å². The van der Waals surface area contributed by atoms with Crippen LogP contribution in [0.25, 0.3) is 5.69 Å². The first-order valence-corrected chi connectivity index (χ1v) is 12.5. The molecule has 1 aliphatic rings. The third kappa shape index (κ3) is 4.69. The molecule has 7 heteroatoms. The van der Waals surface area contributed by atoms with Gasteiger partial charge in [0.25, 0.3) is 0 Å². The number of hydrogen-bond acceptors (Lipinski definition) is 4. The van der Waals surface area contributed by atoms with Gasteiger partial charge in [0.15, 0.2) is 6.71 Å². The minimum Gasteiger partial charge on any atom is -0.466 e. The monoisotopic (exact) mass is 683 g/mol. The summed E-state index contributed by atoms with van der Waals surface area (Å²) in [4.78, 5) is 6.62. The molecule has 0 radical (unpaired) electrons. The molecule has 0 fully saturated rings. The number of anilines is 3. The molecule has 1 aliphatic heterocycles. The number of hydrogen-bond donors (Lipinski definition) is 0. The molecule has 0 amide bonds. The average Bonchev–Trinajstić information content (AvgIpc) is 3.52. The summed E-state index contributed by atoms with van der Waals surface area (Å²) < 4.78 is 7.96. The number of rotatable bonds is 5. The summed E-state index contributed by atoms with van der Waals surface area (Å²) in [6.45, 7) is -0.107. The van der Waals surface area contributed by atoms with Crippen molar-refractivity contribution < 1.29 is 25.8 Å². The Balaban J connectivity index is 0.00000277. The predicted octanol–water partition coefficient (Wildman–Crippen LogP) is 4.96. The van der Waals surface area contributed by atoms with E-state index in [2.05, 4.69) is 93.8 Å². The zero-order chi connectivity index (χ0) is 25.3. The number of para-hydroxylation sites is 2. The van der Waals surface area contributed by atoms with Gasteiger partial charge in [0.2, 0.25) is 5.88 Å². The van der Waals surface area contributed by atoms with Crippen molar-refractivity contribution in [2.75, 3.05) is 4.90 Å². The average molecular weight is 683 g/mol. The standard InChI is InChI=1S/C32H21BN4O.Pt/c1-2-11-25(12-3-1)37-30-15-5-4-14-28(30)33(24-10-8-13-26(22-24)36-21-9-20-35-36)29-23-27(17-18-31(29)37)38-32-16-6-7-19-34-32;/h1-21H;/q-2;+2. The Labute approximate surface area is 242 Å². The van der Waals surface area contributed by atoms with Crippen LogP contribution in [0.15, 0.2) is 128 Å². The van der Waals surface area contributed by atoms with Crippen LogP contribution in [-0.4, -0.2) is 21.5 Å². The van der Waals surface area contributed by atoms with Gasteiger partial charge in [-0.05, 0) is 36.0 Å². The molecule has 0 aliphatic carbocycles. The maximum absolute atomic E-state index is 6.13. The van der Waals surface area contributed by atoms with E-state index in [1.165, 1.54) is 5.46 Å². The van der Waals surface area contributed by atoms with E-state index in [9.17, 15) is 0 Å². The maximum Gasteiger partial charge on any atom is 2.00 e. The van der Waals surface area contributed by atoms with E-state index in [1.807, 2.05) is 53.3 Å². The number of ether oxygens (including phenoxy) is 1. The molecule has 0 atom stereocenters. The molecule has 0 bridgehead atoms. The summed E-state index contributed by atoms with van der Waals surface area (Å²) in [5.74, 6) is 1.15. The van der Waals surface area contributed by atoms with E-state index in [0.717, 1.165) is 33.7 Å². The van der Waals surface area contributed by atoms with Gasteiger partial charge in [-0.15, -0.1) is 24.3 Å². The SMILES string of the molecule is [Pt+2].[c-]1c(B2c3[c-]c(Oc4ccccn4)ccc3N(c3ccccc3)c3ccccc32)cccc1-n1cccn1. The molecule has 4 aromatic carbocycles.